The molecule has 1 unspecified atom stereocenters. The van der Waals surface area contributed by atoms with Gasteiger partial charge in [-0.2, -0.15) is 5.26 Å². The van der Waals surface area contributed by atoms with Gasteiger partial charge in [0.1, 0.15) is 17.7 Å². The zero-order chi connectivity index (χ0) is 11.1. The minimum Gasteiger partial charge on any atom is -0.477 e. The molecule has 0 aliphatic heterocycles. The lowest BCUT2D eigenvalue weighted by atomic mass is 10.2. The summed E-state index contributed by atoms with van der Waals surface area (Å²) in [4.78, 5) is 21.0. The van der Waals surface area contributed by atoms with Crippen LogP contribution in [0.25, 0.3) is 0 Å². The molecule has 0 aromatic rings. The molecule has 0 fully saturated rings. The average molecular weight is 197 g/mol. The van der Waals surface area contributed by atoms with Gasteiger partial charge >= 0.3 is 11.9 Å². The van der Waals surface area contributed by atoms with Crippen molar-refractivity contribution in [3.8, 4) is 6.07 Å². The molecule has 0 amide bonds. The lowest BCUT2D eigenvalue weighted by Gasteiger charge is -2.09. The average Bonchev–Trinajstić information content (AvgIpc) is 2.10. The first-order chi connectivity index (χ1) is 6.51. The molecule has 0 radical (unpaired) electrons. The van der Waals surface area contributed by atoms with Gasteiger partial charge < -0.3 is 9.84 Å². The second-order valence-corrected chi connectivity index (χ2v) is 2.55. The van der Waals surface area contributed by atoms with Crippen LogP contribution in [0.2, 0.25) is 0 Å². The molecule has 0 spiro atoms. The van der Waals surface area contributed by atoms with E-state index in [0.29, 0.717) is 6.42 Å². The Morgan fingerprint density at radius 3 is 2.50 bits per heavy atom. The molecule has 76 valence electrons. The number of aliphatic carboxylic acids is 1. The van der Waals surface area contributed by atoms with Gasteiger partial charge in [0, 0.05) is 6.92 Å². The number of esters is 1. The normalized spacial score (nSPS) is 12.8. The molecular weight excluding hydrogens is 186 g/mol. The largest absolute Gasteiger partial charge is 0.477 e. The molecule has 1 atom stereocenters. The lowest BCUT2D eigenvalue weighted by Crippen LogP contribution is -2.14. The van der Waals surface area contributed by atoms with Crippen molar-refractivity contribution < 1.29 is 19.4 Å². The Bertz CT molecular complexity index is 300. The zero-order valence-electron chi connectivity index (χ0n) is 7.98. The summed E-state index contributed by atoms with van der Waals surface area (Å²) >= 11 is 0. The van der Waals surface area contributed by atoms with Crippen LogP contribution in [0.15, 0.2) is 11.6 Å². The number of carbonyl (C=O) groups is 2. The fraction of sp³-hybridized carbons (Fsp3) is 0.444. The lowest BCUT2D eigenvalue weighted by molar-refractivity contribution is -0.144. The highest BCUT2D eigenvalue weighted by Crippen LogP contribution is 2.04. The highest BCUT2D eigenvalue weighted by atomic mass is 16.5. The highest BCUT2D eigenvalue weighted by molar-refractivity contribution is 5.91. The van der Waals surface area contributed by atoms with E-state index in [4.69, 9.17) is 15.1 Å². The number of hydrogen-bond donors (Lipinski definition) is 1. The molecule has 0 heterocycles. The van der Waals surface area contributed by atoms with Gasteiger partial charge in [0.25, 0.3) is 0 Å². The summed E-state index contributed by atoms with van der Waals surface area (Å²) in [7, 11) is 0. The Labute approximate surface area is 81.6 Å². The van der Waals surface area contributed by atoms with Crippen molar-refractivity contribution in [2.75, 3.05) is 0 Å². The third-order valence-electron chi connectivity index (χ3n) is 1.42. The Kier molecular flexibility index (Phi) is 5.00. The maximum Gasteiger partial charge on any atom is 0.346 e. The third-order valence-corrected chi connectivity index (χ3v) is 1.42. The molecule has 0 aliphatic carbocycles. The quantitative estimate of drug-likeness (QED) is 0.410. The number of carbonyl (C=O) groups excluding carboxylic acids is 1. The molecule has 14 heavy (non-hydrogen) atoms. The Morgan fingerprint density at radius 2 is 2.21 bits per heavy atom. The first-order valence-electron chi connectivity index (χ1n) is 4.03. The van der Waals surface area contributed by atoms with Crippen molar-refractivity contribution >= 4 is 11.9 Å². The van der Waals surface area contributed by atoms with Gasteiger partial charge in [-0.25, -0.2) is 4.79 Å². The van der Waals surface area contributed by atoms with E-state index < -0.39 is 23.6 Å². The smallest absolute Gasteiger partial charge is 0.346 e. The van der Waals surface area contributed by atoms with Gasteiger partial charge in [0.2, 0.25) is 0 Å². The Balaban J connectivity index is 4.63. The summed E-state index contributed by atoms with van der Waals surface area (Å²) in [5.74, 6) is -1.83. The van der Waals surface area contributed by atoms with Crippen molar-refractivity contribution in [1.29, 1.82) is 5.26 Å². The van der Waals surface area contributed by atoms with E-state index in [1.807, 2.05) is 0 Å². The molecule has 5 nitrogen and oxygen atoms in total. The van der Waals surface area contributed by atoms with Gasteiger partial charge in [0.05, 0.1) is 0 Å². The summed E-state index contributed by atoms with van der Waals surface area (Å²) in [6.07, 6.45) is 0.903. The molecule has 0 aromatic heterocycles. The van der Waals surface area contributed by atoms with Crippen LogP contribution in [0.4, 0.5) is 0 Å². The Hall–Kier alpha value is -1.83. The molecular formula is C9H11NO4. The van der Waals surface area contributed by atoms with E-state index in [0.717, 1.165) is 6.08 Å². The van der Waals surface area contributed by atoms with Gasteiger partial charge in [-0.05, 0) is 12.5 Å². The van der Waals surface area contributed by atoms with Crippen LogP contribution in [-0.2, 0) is 14.3 Å². The van der Waals surface area contributed by atoms with Crippen molar-refractivity contribution in [1.82, 2.24) is 0 Å². The molecule has 0 saturated heterocycles. The van der Waals surface area contributed by atoms with Crippen molar-refractivity contribution in [3.05, 3.63) is 11.6 Å². The monoisotopic (exact) mass is 197 g/mol. The fourth-order valence-electron chi connectivity index (χ4n) is 0.791. The van der Waals surface area contributed by atoms with E-state index >= 15 is 0 Å². The number of carboxylic acid groups (broad SMARTS) is 1. The number of hydrogen-bond acceptors (Lipinski definition) is 4. The third kappa shape index (κ3) is 4.26. The molecule has 0 rings (SSSR count). The summed E-state index contributed by atoms with van der Waals surface area (Å²) < 4.78 is 4.75. The van der Waals surface area contributed by atoms with E-state index in [-0.39, 0.29) is 0 Å². The molecule has 0 aromatic carbocycles. The molecule has 5 heteroatoms. The van der Waals surface area contributed by atoms with Crippen molar-refractivity contribution in [2.24, 2.45) is 0 Å². The second-order valence-electron chi connectivity index (χ2n) is 2.55. The SMILES string of the molecule is CCC(/C=C(\C#N)C(=O)O)OC(C)=O. The van der Waals surface area contributed by atoms with E-state index in [9.17, 15) is 9.59 Å². The summed E-state index contributed by atoms with van der Waals surface area (Å²) in [6.45, 7) is 2.95. The highest BCUT2D eigenvalue weighted by Gasteiger charge is 2.12. The molecule has 1 N–H and O–H groups in total. The van der Waals surface area contributed by atoms with Gasteiger partial charge in [-0.15, -0.1) is 0 Å². The zero-order valence-corrected chi connectivity index (χ0v) is 7.98. The van der Waals surface area contributed by atoms with Crippen LogP contribution in [0, 0.1) is 11.3 Å². The van der Waals surface area contributed by atoms with E-state index in [1.54, 1.807) is 6.92 Å². The topological polar surface area (TPSA) is 87.4 Å². The van der Waals surface area contributed by atoms with E-state index in [2.05, 4.69) is 0 Å². The number of rotatable bonds is 4. The van der Waals surface area contributed by atoms with Crippen LogP contribution >= 0.6 is 0 Å². The predicted octanol–water partition coefficient (Wildman–Crippen LogP) is 0.863. The van der Waals surface area contributed by atoms with E-state index in [1.165, 1.54) is 13.0 Å². The van der Waals surface area contributed by atoms with Crippen LogP contribution < -0.4 is 0 Å². The second kappa shape index (κ2) is 5.75. The summed E-state index contributed by atoms with van der Waals surface area (Å²) in [6, 6.07) is 1.51. The standard InChI is InChI=1S/C9H11NO4/c1-3-8(14-6(2)11)4-7(5-10)9(12)13/h4,8H,3H2,1-2H3,(H,12,13)/b7-4+. The summed E-state index contributed by atoms with van der Waals surface area (Å²) in [5.41, 5.74) is -0.418. The van der Waals surface area contributed by atoms with Crippen LogP contribution in [-0.4, -0.2) is 23.1 Å². The van der Waals surface area contributed by atoms with Gasteiger partial charge in [0.15, 0.2) is 0 Å². The van der Waals surface area contributed by atoms with Gasteiger partial charge in [-0.3, -0.25) is 4.79 Å². The van der Waals surface area contributed by atoms with Crippen LogP contribution in [0.1, 0.15) is 20.3 Å². The predicted molar refractivity (Wildman–Crippen MR) is 47.2 cm³/mol. The molecule has 0 bridgehead atoms. The molecule has 0 aliphatic rings. The maximum absolute atomic E-state index is 10.6. The van der Waals surface area contributed by atoms with Crippen LogP contribution in [0.3, 0.4) is 0 Å². The summed E-state index contributed by atoms with van der Waals surface area (Å²) in [5, 5.41) is 17.0. The van der Waals surface area contributed by atoms with Crippen molar-refractivity contribution in [3.63, 3.8) is 0 Å². The minimum absolute atomic E-state index is 0.418. The number of nitriles is 1. The molecule has 0 saturated carbocycles. The minimum atomic E-state index is -1.32. The Morgan fingerprint density at radius 1 is 1.64 bits per heavy atom. The van der Waals surface area contributed by atoms with Gasteiger partial charge in [-0.1, -0.05) is 6.92 Å². The van der Waals surface area contributed by atoms with Crippen molar-refractivity contribution in [2.45, 2.75) is 26.4 Å². The first-order valence-corrected chi connectivity index (χ1v) is 4.03. The number of nitrogens with zero attached hydrogens (tertiary/aromatic N) is 1. The number of carboxylic acids is 1. The first kappa shape index (κ1) is 12.2. The fourth-order valence-corrected chi connectivity index (χ4v) is 0.791. The maximum atomic E-state index is 10.6. The van der Waals surface area contributed by atoms with Crippen LogP contribution in [0.5, 0.6) is 0 Å². The number of ether oxygens (including phenoxy) is 1.